The van der Waals surface area contributed by atoms with Gasteiger partial charge in [0.2, 0.25) is 0 Å². The number of aromatic nitrogens is 3. The highest BCUT2D eigenvalue weighted by Gasteiger charge is 2.36. The van der Waals surface area contributed by atoms with Crippen LogP contribution in [0.15, 0.2) is 36.4 Å². The first-order valence-corrected chi connectivity index (χ1v) is 11.6. The van der Waals surface area contributed by atoms with Crippen LogP contribution in [0.4, 0.5) is 0 Å². The minimum atomic E-state index is -0.522. The Bertz CT molecular complexity index is 1230. The molecule has 3 aromatic rings. The molecular formula is C26H29ClN4O3. The van der Waals surface area contributed by atoms with Crippen LogP contribution < -0.4 is 9.47 Å². The predicted molar refractivity (Wildman–Crippen MR) is 130 cm³/mol. The average Bonchev–Trinajstić information content (AvgIpc) is 3.14. The number of rotatable bonds is 6. The normalized spacial score (nSPS) is 17.3. The number of nitrogens with zero attached hydrogens (tertiary/aromatic N) is 4. The Labute approximate surface area is 205 Å². The number of fused-ring (bicyclic) bond motifs is 3. The highest BCUT2D eigenvalue weighted by atomic mass is 35.5. The zero-order valence-electron chi connectivity index (χ0n) is 20.1. The van der Waals surface area contributed by atoms with Crippen LogP contribution in [-0.4, -0.2) is 29.0 Å². The lowest BCUT2D eigenvalue weighted by atomic mass is 9.91. The van der Waals surface area contributed by atoms with Gasteiger partial charge in [-0.1, -0.05) is 44.5 Å². The molecule has 2 atom stereocenters. The van der Waals surface area contributed by atoms with E-state index in [2.05, 4.69) is 41.6 Å². The van der Waals surface area contributed by atoms with E-state index in [0.717, 1.165) is 29.1 Å². The first kappa shape index (κ1) is 24.1. The fraction of sp³-hybridized carbons (Fsp3) is 0.423. The Morgan fingerprint density at radius 2 is 1.91 bits per heavy atom. The third-order valence-corrected chi connectivity index (χ3v) is 6.01. The molecule has 1 aromatic heterocycles. The molecule has 0 saturated heterocycles. The van der Waals surface area contributed by atoms with E-state index < -0.39 is 12.2 Å². The molecule has 0 amide bonds. The Hall–Kier alpha value is -3.08. The number of nitriles is 1. The van der Waals surface area contributed by atoms with Crippen molar-refractivity contribution >= 4 is 11.6 Å². The van der Waals surface area contributed by atoms with Crippen LogP contribution in [0.2, 0.25) is 5.02 Å². The summed E-state index contributed by atoms with van der Waals surface area (Å²) >= 11 is 6.49. The molecule has 0 fully saturated rings. The molecule has 0 bridgehead atoms. The summed E-state index contributed by atoms with van der Waals surface area (Å²) in [5, 5.41) is 19.0. The van der Waals surface area contributed by atoms with Crippen LogP contribution in [0, 0.1) is 16.7 Å². The third kappa shape index (κ3) is 4.61. The lowest BCUT2D eigenvalue weighted by Crippen LogP contribution is -2.15. The fourth-order valence-corrected chi connectivity index (χ4v) is 4.56. The van der Waals surface area contributed by atoms with Crippen molar-refractivity contribution < 1.29 is 14.2 Å². The van der Waals surface area contributed by atoms with Crippen molar-refractivity contribution in [3.8, 4) is 23.3 Å². The highest BCUT2D eigenvalue weighted by Crippen LogP contribution is 2.46. The number of hydrogen-bond acceptors (Lipinski definition) is 6. The van der Waals surface area contributed by atoms with Gasteiger partial charge in [0.25, 0.3) is 0 Å². The summed E-state index contributed by atoms with van der Waals surface area (Å²) in [6.07, 6.45) is 0.555. The molecule has 2 aromatic carbocycles. The van der Waals surface area contributed by atoms with Gasteiger partial charge in [-0.25, -0.2) is 0 Å². The number of para-hydroxylation sites is 1. The molecule has 8 heteroatoms. The lowest BCUT2D eigenvalue weighted by Gasteiger charge is -2.24. The van der Waals surface area contributed by atoms with E-state index >= 15 is 0 Å². The monoisotopic (exact) mass is 480 g/mol. The number of ether oxygens (including phenoxy) is 3. The molecule has 7 nitrogen and oxygen atoms in total. The van der Waals surface area contributed by atoms with E-state index in [1.165, 1.54) is 0 Å². The van der Waals surface area contributed by atoms with Gasteiger partial charge in [0.1, 0.15) is 18.0 Å². The van der Waals surface area contributed by atoms with E-state index in [1.54, 1.807) is 14.2 Å². The number of benzene rings is 2. The van der Waals surface area contributed by atoms with E-state index in [4.69, 9.17) is 25.8 Å². The van der Waals surface area contributed by atoms with Crippen LogP contribution in [0.3, 0.4) is 0 Å². The molecule has 0 aliphatic carbocycles. The Kier molecular flexibility index (Phi) is 6.83. The third-order valence-electron chi connectivity index (χ3n) is 5.78. The summed E-state index contributed by atoms with van der Waals surface area (Å²) in [6.45, 7) is 6.51. The highest BCUT2D eigenvalue weighted by molar-refractivity contribution is 6.30. The smallest absolute Gasteiger partial charge is 0.166 e. The number of hydrogen-bond donors (Lipinski definition) is 0. The largest absolute Gasteiger partial charge is 0.493 e. The summed E-state index contributed by atoms with van der Waals surface area (Å²) in [5.41, 5.74) is 2.58. The predicted octanol–water partition coefficient (Wildman–Crippen LogP) is 5.99. The first-order valence-electron chi connectivity index (χ1n) is 11.2. The van der Waals surface area contributed by atoms with E-state index in [-0.39, 0.29) is 5.41 Å². The molecule has 1 aliphatic rings. The van der Waals surface area contributed by atoms with Crippen molar-refractivity contribution in [3.05, 3.63) is 64.2 Å². The second-order valence-corrected chi connectivity index (χ2v) is 9.97. The molecule has 4 rings (SSSR count). The van der Waals surface area contributed by atoms with Crippen molar-refractivity contribution in [3.63, 3.8) is 0 Å². The zero-order chi connectivity index (χ0) is 24.5. The maximum Gasteiger partial charge on any atom is 0.166 e. The lowest BCUT2D eigenvalue weighted by molar-refractivity contribution is -0.000799. The molecule has 1 aliphatic heterocycles. The molecule has 0 N–H and O–H groups in total. The van der Waals surface area contributed by atoms with Crippen molar-refractivity contribution in [2.24, 2.45) is 5.41 Å². The van der Waals surface area contributed by atoms with Crippen LogP contribution in [0.25, 0.3) is 5.69 Å². The number of methoxy groups -OCH3 is 2. The molecule has 0 spiro atoms. The topological polar surface area (TPSA) is 82.2 Å². The standard InChI is InChI=1S/C26H29ClN4O3/c1-26(2,3)15-22-29-30-25-21(10-7-13-28)34-23(17-8-6-9-20(32-4)24(17)33-5)18-14-16(27)11-12-19(18)31(22)25/h6,8-9,11-12,14,21,23H,7,10,15H2,1-5H3/t21-,23-/m1/s1. The van der Waals surface area contributed by atoms with Crippen LogP contribution in [0.1, 0.15) is 68.6 Å². The molecule has 2 heterocycles. The van der Waals surface area contributed by atoms with Crippen molar-refractivity contribution in [1.29, 1.82) is 5.26 Å². The van der Waals surface area contributed by atoms with Gasteiger partial charge in [-0.2, -0.15) is 5.26 Å². The van der Waals surface area contributed by atoms with Gasteiger partial charge >= 0.3 is 0 Å². The molecule has 178 valence electrons. The summed E-state index contributed by atoms with van der Waals surface area (Å²) in [5.74, 6) is 2.72. The molecule has 0 radical (unpaired) electrons. The van der Waals surface area contributed by atoms with Gasteiger partial charge < -0.3 is 14.2 Å². The molecule has 0 saturated carbocycles. The average molecular weight is 481 g/mol. The molecule has 0 unspecified atom stereocenters. The Morgan fingerprint density at radius 1 is 1.12 bits per heavy atom. The summed E-state index contributed by atoms with van der Waals surface area (Å²) in [4.78, 5) is 0. The minimum Gasteiger partial charge on any atom is -0.493 e. The quantitative estimate of drug-likeness (QED) is 0.431. The van der Waals surface area contributed by atoms with Gasteiger partial charge in [-0.15, -0.1) is 10.2 Å². The first-order chi connectivity index (χ1) is 16.3. The zero-order valence-corrected chi connectivity index (χ0v) is 20.9. The van der Waals surface area contributed by atoms with Gasteiger partial charge in [0.05, 0.1) is 26.0 Å². The minimum absolute atomic E-state index is 0.00111. The van der Waals surface area contributed by atoms with E-state index in [9.17, 15) is 5.26 Å². The van der Waals surface area contributed by atoms with Gasteiger partial charge in [-0.3, -0.25) is 4.57 Å². The molecular weight excluding hydrogens is 452 g/mol. The van der Waals surface area contributed by atoms with Crippen LogP contribution in [0.5, 0.6) is 11.5 Å². The Balaban J connectivity index is 1.98. The van der Waals surface area contributed by atoms with Crippen LogP contribution >= 0.6 is 11.6 Å². The van der Waals surface area contributed by atoms with Gasteiger partial charge in [-0.05, 0) is 36.1 Å². The summed E-state index contributed by atoms with van der Waals surface area (Å²) < 4.78 is 20.1. The maximum atomic E-state index is 9.31. The summed E-state index contributed by atoms with van der Waals surface area (Å²) in [6, 6.07) is 13.7. The second-order valence-electron chi connectivity index (χ2n) is 9.53. The van der Waals surface area contributed by atoms with Gasteiger partial charge in [0, 0.05) is 29.0 Å². The number of halogens is 1. The summed E-state index contributed by atoms with van der Waals surface area (Å²) in [7, 11) is 3.22. The van der Waals surface area contributed by atoms with Gasteiger partial charge in [0.15, 0.2) is 17.3 Å². The van der Waals surface area contributed by atoms with E-state index in [0.29, 0.717) is 35.2 Å². The van der Waals surface area contributed by atoms with E-state index in [1.807, 2.05) is 36.4 Å². The van der Waals surface area contributed by atoms with Crippen molar-refractivity contribution in [1.82, 2.24) is 14.8 Å². The van der Waals surface area contributed by atoms with Crippen molar-refractivity contribution in [2.45, 2.75) is 52.2 Å². The Morgan fingerprint density at radius 3 is 2.59 bits per heavy atom. The van der Waals surface area contributed by atoms with Crippen molar-refractivity contribution in [2.75, 3.05) is 14.2 Å². The second kappa shape index (κ2) is 9.65. The SMILES string of the molecule is COc1cccc([C@H]2O[C@H](CCC#N)c3nnc(CC(C)(C)C)n3-c3ccc(Cl)cc32)c1OC. The molecule has 34 heavy (non-hydrogen) atoms. The van der Waals surface area contributed by atoms with Crippen LogP contribution in [-0.2, 0) is 11.2 Å². The maximum absolute atomic E-state index is 9.31. The fourth-order valence-electron chi connectivity index (χ4n) is 4.38.